The lowest BCUT2D eigenvalue weighted by Crippen LogP contribution is -2.39. The van der Waals surface area contributed by atoms with Gasteiger partial charge in [-0.15, -0.1) is 0 Å². The number of rotatable bonds is 3. The Balaban J connectivity index is 2.14. The van der Waals surface area contributed by atoms with E-state index < -0.39 is 0 Å². The zero-order valence-electron chi connectivity index (χ0n) is 13.7. The molecule has 2 heterocycles. The summed E-state index contributed by atoms with van der Waals surface area (Å²) >= 11 is 0. The van der Waals surface area contributed by atoms with Crippen molar-refractivity contribution in [2.45, 2.75) is 33.6 Å². The van der Waals surface area contributed by atoms with Crippen LogP contribution in [0.3, 0.4) is 0 Å². The molecular formula is C14H27N7. The van der Waals surface area contributed by atoms with E-state index in [0.717, 1.165) is 31.8 Å². The summed E-state index contributed by atoms with van der Waals surface area (Å²) in [6, 6.07) is 0. The smallest absolute Gasteiger partial charge is 0.243 e. The first kappa shape index (κ1) is 15.8. The molecule has 0 amide bonds. The summed E-state index contributed by atoms with van der Waals surface area (Å²) in [5, 5.41) is 0. The Hall–Kier alpha value is -1.63. The summed E-state index contributed by atoms with van der Waals surface area (Å²) in [4.78, 5) is 17.2. The summed E-state index contributed by atoms with van der Waals surface area (Å²) in [6.07, 6.45) is 2.33. The van der Waals surface area contributed by atoms with Crippen molar-refractivity contribution < 1.29 is 0 Å². The summed E-state index contributed by atoms with van der Waals surface area (Å²) in [5.41, 5.74) is 2.88. The van der Waals surface area contributed by atoms with Crippen molar-refractivity contribution in [1.82, 2.24) is 15.0 Å². The highest BCUT2D eigenvalue weighted by atomic mass is 15.4. The number of hydrazine groups is 1. The van der Waals surface area contributed by atoms with Crippen LogP contribution in [0.4, 0.5) is 17.8 Å². The Morgan fingerprint density at radius 2 is 1.76 bits per heavy atom. The van der Waals surface area contributed by atoms with Crippen molar-refractivity contribution in [2.75, 3.05) is 42.4 Å². The fourth-order valence-electron chi connectivity index (χ4n) is 2.71. The van der Waals surface area contributed by atoms with Crippen LogP contribution in [-0.4, -0.2) is 42.1 Å². The van der Waals surface area contributed by atoms with Gasteiger partial charge in [-0.1, -0.05) is 20.8 Å². The first-order valence-electron chi connectivity index (χ1n) is 7.46. The number of nitrogens with two attached hydrogens (primary N) is 1. The van der Waals surface area contributed by atoms with Crippen molar-refractivity contribution in [2.24, 2.45) is 17.2 Å². The Morgan fingerprint density at radius 1 is 1.14 bits per heavy atom. The minimum absolute atomic E-state index is 0.365. The van der Waals surface area contributed by atoms with Crippen LogP contribution in [0.25, 0.3) is 0 Å². The standard InChI is InChI=1S/C14H27N7/c1-14(2,3)10-6-8-21(9-7-10)13-17-11(19-15)16-12(18-13)20(4)5/h10H,6-9,15H2,1-5H3,(H,16,17,18,19). The quantitative estimate of drug-likeness (QED) is 0.645. The lowest BCUT2D eigenvalue weighted by Gasteiger charge is -2.38. The van der Waals surface area contributed by atoms with E-state index in [-0.39, 0.29) is 0 Å². The van der Waals surface area contributed by atoms with Gasteiger partial charge in [-0.3, -0.25) is 5.43 Å². The molecule has 0 atom stereocenters. The molecule has 21 heavy (non-hydrogen) atoms. The lowest BCUT2D eigenvalue weighted by atomic mass is 9.75. The molecule has 1 fully saturated rings. The molecule has 0 spiro atoms. The van der Waals surface area contributed by atoms with Gasteiger partial charge in [0.2, 0.25) is 17.8 Å². The van der Waals surface area contributed by atoms with Gasteiger partial charge in [0.15, 0.2) is 0 Å². The van der Waals surface area contributed by atoms with E-state index in [1.165, 1.54) is 0 Å². The lowest BCUT2D eigenvalue weighted by molar-refractivity contribution is 0.198. The van der Waals surface area contributed by atoms with Gasteiger partial charge in [0.25, 0.3) is 0 Å². The topological polar surface area (TPSA) is 83.2 Å². The van der Waals surface area contributed by atoms with E-state index in [4.69, 9.17) is 5.84 Å². The highest BCUT2D eigenvalue weighted by Gasteiger charge is 2.29. The van der Waals surface area contributed by atoms with Crippen LogP contribution in [0.5, 0.6) is 0 Å². The van der Waals surface area contributed by atoms with Crippen LogP contribution in [0.1, 0.15) is 33.6 Å². The Labute approximate surface area is 126 Å². The largest absolute Gasteiger partial charge is 0.347 e. The van der Waals surface area contributed by atoms with Crippen molar-refractivity contribution in [3.63, 3.8) is 0 Å². The molecule has 0 aliphatic carbocycles. The molecule has 0 radical (unpaired) electrons. The average Bonchev–Trinajstić information content (AvgIpc) is 2.46. The van der Waals surface area contributed by atoms with E-state index in [9.17, 15) is 0 Å². The predicted octanol–water partition coefficient (Wildman–Crippen LogP) is 1.49. The fraction of sp³-hybridized carbons (Fsp3) is 0.786. The number of hydrogen-bond donors (Lipinski definition) is 2. The average molecular weight is 293 g/mol. The van der Waals surface area contributed by atoms with Crippen LogP contribution in [0, 0.1) is 11.3 Å². The number of anilines is 3. The third-order valence-electron chi connectivity index (χ3n) is 4.14. The molecule has 2 rings (SSSR count). The molecule has 0 unspecified atom stereocenters. The molecule has 1 aliphatic rings. The Kier molecular flexibility index (Phi) is 4.51. The van der Waals surface area contributed by atoms with Gasteiger partial charge in [0, 0.05) is 27.2 Å². The fourth-order valence-corrected chi connectivity index (χ4v) is 2.71. The minimum atomic E-state index is 0.365. The van der Waals surface area contributed by atoms with Crippen molar-refractivity contribution >= 4 is 17.8 Å². The molecule has 0 bridgehead atoms. The normalized spacial score (nSPS) is 17.0. The highest BCUT2D eigenvalue weighted by Crippen LogP contribution is 2.35. The van der Waals surface area contributed by atoms with Gasteiger partial charge < -0.3 is 9.80 Å². The molecule has 0 aromatic carbocycles. The molecular weight excluding hydrogens is 266 g/mol. The predicted molar refractivity (Wildman–Crippen MR) is 86.4 cm³/mol. The SMILES string of the molecule is CN(C)c1nc(NN)nc(N2CCC(C(C)(C)C)CC2)n1. The van der Waals surface area contributed by atoms with Crippen LogP contribution in [0.2, 0.25) is 0 Å². The van der Waals surface area contributed by atoms with Crippen LogP contribution in [0.15, 0.2) is 0 Å². The number of nitrogens with one attached hydrogen (secondary N) is 1. The molecule has 7 heteroatoms. The number of hydrogen-bond acceptors (Lipinski definition) is 7. The second-order valence-electron chi connectivity index (χ2n) is 6.93. The van der Waals surface area contributed by atoms with E-state index in [1.54, 1.807) is 0 Å². The Morgan fingerprint density at radius 3 is 2.24 bits per heavy atom. The van der Waals surface area contributed by atoms with Crippen LogP contribution < -0.4 is 21.1 Å². The summed E-state index contributed by atoms with van der Waals surface area (Å²) < 4.78 is 0. The first-order chi connectivity index (χ1) is 9.81. The molecule has 1 aromatic heterocycles. The first-order valence-corrected chi connectivity index (χ1v) is 7.46. The number of nitrogens with zero attached hydrogens (tertiary/aromatic N) is 5. The summed E-state index contributed by atoms with van der Waals surface area (Å²) in [7, 11) is 3.82. The maximum atomic E-state index is 5.46. The maximum absolute atomic E-state index is 5.46. The molecule has 1 aromatic rings. The van der Waals surface area contributed by atoms with E-state index in [0.29, 0.717) is 23.3 Å². The van der Waals surface area contributed by atoms with Crippen molar-refractivity contribution in [1.29, 1.82) is 0 Å². The number of piperidine rings is 1. The van der Waals surface area contributed by atoms with Crippen molar-refractivity contribution in [3.8, 4) is 0 Å². The van der Waals surface area contributed by atoms with Gasteiger partial charge in [-0.2, -0.15) is 15.0 Å². The summed E-state index contributed by atoms with van der Waals surface area (Å²) in [5.74, 6) is 7.93. The van der Waals surface area contributed by atoms with Crippen LogP contribution >= 0.6 is 0 Å². The van der Waals surface area contributed by atoms with Gasteiger partial charge in [0.1, 0.15) is 0 Å². The second kappa shape index (κ2) is 6.01. The van der Waals surface area contributed by atoms with Crippen molar-refractivity contribution in [3.05, 3.63) is 0 Å². The molecule has 1 saturated heterocycles. The van der Waals surface area contributed by atoms with E-state index >= 15 is 0 Å². The minimum Gasteiger partial charge on any atom is -0.347 e. The zero-order valence-corrected chi connectivity index (χ0v) is 13.7. The van der Waals surface area contributed by atoms with E-state index in [2.05, 4.69) is 46.0 Å². The molecule has 1 aliphatic heterocycles. The molecule has 0 saturated carbocycles. The number of nitrogen functional groups attached to an aromatic ring is 1. The second-order valence-corrected chi connectivity index (χ2v) is 6.93. The molecule has 7 nitrogen and oxygen atoms in total. The van der Waals surface area contributed by atoms with Crippen LogP contribution in [-0.2, 0) is 0 Å². The summed E-state index contributed by atoms with van der Waals surface area (Å²) in [6.45, 7) is 8.90. The monoisotopic (exact) mass is 293 g/mol. The number of aromatic nitrogens is 3. The van der Waals surface area contributed by atoms with Gasteiger partial charge in [0.05, 0.1) is 0 Å². The van der Waals surface area contributed by atoms with Gasteiger partial charge in [-0.05, 0) is 24.2 Å². The van der Waals surface area contributed by atoms with E-state index in [1.807, 2.05) is 19.0 Å². The highest BCUT2D eigenvalue weighted by molar-refractivity contribution is 5.44. The molecule has 118 valence electrons. The zero-order chi connectivity index (χ0) is 15.6. The maximum Gasteiger partial charge on any atom is 0.243 e. The van der Waals surface area contributed by atoms with Gasteiger partial charge in [-0.25, -0.2) is 5.84 Å². The Bertz CT molecular complexity index is 473. The van der Waals surface area contributed by atoms with Gasteiger partial charge >= 0.3 is 0 Å². The third kappa shape index (κ3) is 3.72. The molecule has 3 N–H and O–H groups in total. The third-order valence-corrected chi connectivity index (χ3v) is 4.14.